The molecule has 4 rings (SSSR count). The van der Waals surface area contributed by atoms with Gasteiger partial charge in [-0.3, -0.25) is 4.90 Å². The summed E-state index contributed by atoms with van der Waals surface area (Å²) >= 11 is 0. The predicted octanol–water partition coefficient (Wildman–Crippen LogP) is 2.02. The number of aliphatic hydroxyl groups is 2. The lowest BCUT2D eigenvalue weighted by Gasteiger charge is -2.41. The van der Waals surface area contributed by atoms with E-state index in [2.05, 4.69) is 25.2 Å². The molecule has 0 bridgehead atoms. The van der Waals surface area contributed by atoms with Gasteiger partial charge in [-0.2, -0.15) is 0 Å². The summed E-state index contributed by atoms with van der Waals surface area (Å²) in [5, 5.41) is 25.6. The predicted molar refractivity (Wildman–Crippen MR) is 126 cm³/mol. The van der Waals surface area contributed by atoms with Crippen LogP contribution in [0.2, 0.25) is 0 Å². The van der Waals surface area contributed by atoms with Gasteiger partial charge in [0.15, 0.2) is 0 Å². The smallest absolute Gasteiger partial charge is 0.406 e. The minimum Gasteiger partial charge on any atom is -0.406 e. The summed E-state index contributed by atoms with van der Waals surface area (Å²) in [7, 11) is 0. The lowest BCUT2D eigenvalue weighted by atomic mass is 10.0. The van der Waals surface area contributed by atoms with Crippen LogP contribution in [-0.4, -0.2) is 91.2 Å². The maximum Gasteiger partial charge on any atom is 0.573 e. The summed E-state index contributed by atoms with van der Waals surface area (Å²) in [6, 6.07) is 13.8. The van der Waals surface area contributed by atoms with Crippen molar-refractivity contribution in [1.29, 1.82) is 0 Å². The summed E-state index contributed by atoms with van der Waals surface area (Å²) in [5.41, 5.74) is 1.40. The van der Waals surface area contributed by atoms with Crippen LogP contribution in [0.4, 0.5) is 29.3 Å². The molecule has 2 heterocycles. The van der Waals surface area contributed by atoms with Crippen molar-refractivity contribution in [3.8, 4) is 5.75 Å². The molecular weight excluding hydrogens is 481 g/mol. The monoisotopic (exact) mass is 510 g/mol. The number of amides is 2. The Morgan fingerprint density at radius 1 is 1.03 bits per heavy atom. The molecule has 9 nitrogen and oxygen atoms in total. The third-order valence-electron chi connectivity index (χ3n) is 6.31. The van der Waals surface area contributed by atoms with Gasteiger partial charge in [-0.05, 0) is 36.4 Å². The molecule has 36 heavy (non-hydrogen) atoms. The molecule has 2 aromatic carbocycles. The Bertz CT molecular complexity index is 987. The number of piperazine rings is 1. The van der Waals surface area contributed by atoms with Crippen molar-refractivity contribution in [3.63, 3.8) is 0 Å². The Morgan fingerprint density at radius 2 is 1.69 bits per heavy atom. The lowest BCUT2D eigenvalue weighted by molar-refractivity contribution is -0.274. The molecule has 4 N–H and O–H groups in total. The number of nitrogens with one attached hydrogen (secondary N) is 2. The van der Waals surface area contributed by atoms with E-state index in [-0.39, 0.29) is 18.8 Å². The molecule has 0 spiro atoms. The van der Waals surface area contributed by atoms with E-state index in [1.54, 1.807) is 0 Å². The first-order chi connectivity index (χ1) is 17.2. The van der Waals surface area contributed by atoms with Crippen molar-refractivity contribution in [2.24, 2.45) is 0 Å². The molecular formula is C24H29F3N4O5. The number of hydrogen-bond donors (Lipinski definition) is 4. The Balaban J connectivity index is 1.31. The molecule has 0 radical (unpaired) electrons. The first-order valence-electron chi connectivity index (χ1n) is 11.6. The van der Waals surface area contributed by atoms with Gasteiger partial charge in [-0.25, -0.2) is 4.79 Å². The number of benzene rings is 2. The normalized spacial score (nSPS) is 25.0. The van der Waals surface area contributed by atoms with Crippen LogP contribution in [0.5, 0.6) is 5.75 Å². The number of urea groups is 1. The van der Waals surface area contributed by atoms with Crippen molar-refractivity contribution >= 4 is 17.4 Å². The molecule has 0 saturated carbocycles. The molecule has 4 atom stereocenters. The van der Waals surface area contributed by atoms with E-state index in [0.717, 1.165) is 30.9 Å². The maximum atomic E-state index is 12.4. The van der Waals surface area contributed by atoms with Crippen LogP contribution in [0, 0.1) is 0 Å². The Hall–Kier alpha value is -3.06. The van der Waals surface area contributed by atoms with Gasteiger partial charge in [0.2, 0.25) is 0 Å². The SMILES string of the molecule is O=C(NC[C@H]1O[C@@H](CO)[C@@H](O)[C@@H]1N1CCN(c2ccccc2)CC1)Nc1ccc(OC(F)(F)F)cc1. The van der Waals surface area contributed by atoms with E-state index < -0.39 is 42.5 Å². The summed E-state index contributed by atoms with van der Waals surface area (Å²) in [5.74, 6) is -0.396. The number of carbonyl (C=O) groups is 1. The number of rotatable bonds is 7. The van der Waals surface area contributed by atoms with E-state index in [4.69, 9.17) is 4.74 Å². The largest absolute Gasteiger partial charge is 0.573 e. The van der Waals surface area contributed by atoms with Crippen molar-refractivity contribution < 1.29 is 37.7 Å². The van der Waals surface area contributed by atoms with Crippen molar-refractivity contribution in [3.05, 3.63) is 54.6 Å². The third-order valence-corrected chi connectivity index (χ3v) is 6.31. The van der Waals surface area contributed by atoms with E-state index in [1.165, 1.54) is 12.1 Å². The topological polar surface area (TPSA) is 107 Å². The molecule has 2 fully saturated rings. The second-order valence-corrected chi connectivity index (χ2v) is 8.64. The third kappa shape index (κ3) is 6.58. The zero-order valence-electron chi connectivity index (χ0n) is 19.4. The van der Waals surface area contributed by atoms with Crippen LogP contribution in [0.15, 0.2) is 54.6 Å². The minimum absolute atomic E-state index is 0.0677. The van der Waals surface area contributed by atoms with Gasteiger partial charge in [-0.1, -0.05) is 18.2 Å². The van der Waals surface area contributed by atoms with E-state index >= 15 is 0 Å². The Labute approximate surface area is 206 Å². The summed E-state index contributed by atoms with van der Waals surface area (Å²) in [4.78, 5) is 16.7. The average molecular weight is 511 g/mol. The number of carbonyl (C=O) groups excluding carboxylic acids is 1. The zero-order chi connectivity index (χ0) is 25.7. The van der Waals surface area contributed by atoms with Gasteiger partial charge in [0.25, 0.3) is 0 Å². The first-order valence-corrected chi connectivity index (χ1v) is 11.6. The quantitative estimate of drug-likeness (QED) is 0.452. The fraction of sp³-hybridized carbons (Fsp3) is 0.458. The van der Waals surface area contributed by atoms with Gasteiger partial charge in [0.05, 0.1) is 18.8 Å². The highest BCUT2D eigenvalue weighted by atomic mass is 19.4. The van der Waals surface area contributed by atoms with Crippen molar-refractivity contribution in [2.75, 3.05) is 49.5 Å². The number of aliphatic hydroxyl groups excluding tert-OH is 2. The van der Waals surface area contributed by atoms with Gasteiger partial charge in [-0.15, -0.1) is 13.2 Å². The number of para-hydroxylation sites is 1. The molecule has 2 aliphatic heterocycles. The molecule has 2 aliphatic rings. The molecule has 2 amide bonds. The van der Waals surface area contributed by atoms with E-state index in [9.17, 15) is 28.2 Å². The summed E-state index contributed by atoms with van der Waals surface area (Å²) < 4.78 is 46.5. The second kappa shape index (κ2) is 11.3. The van der Waals surface area contributed by atoms with Gasteiger partial charge in [0, 0.05) is 44.1 Å². The average Bonchev–Trinajstić information content (AvgIpc) is 3.19. The fourth-order valence-electron chi connectivity index (χ4n) is 4.62. The van der Waals surface area contributed by atoms with Gasteiger partial charge in [0.1, 0.15) is 18.0 Å². The highest BCUT2D eigenvalue weighted by Crippen LogP contribution is 2.28. The molecule has 12 heteroatoms. The van der Waals surface area contributed by atoms with E-state index in [0.29, 0.717) is 13.1 Å². The Kier molecular flexibility index (Phi) is 8.19. The van der Waals surface area contributed by atoms with Crippen LogP contribution >= 0.6 is 0 Å². The number of halogens is 3. The lowest BCUT2D eigenvalue weighted by Crippen LogP contribution is -2.57. The molecule has 0 aliphatic carbocycles. The molecule has 2 saturated heterocycles. The van der Waals surface area contributed by atoms with Crippen LogP contribution < -0.4 is 20.3 Å². The van der Waals surface area contributed by atoms with Gasteiger partial charge < -0.3 is 35.2 Å². The Morgan fingerprint density at radius 3 is 2.31 bits per heavy atom. The molecule has 2 aromatic rings. The van der Waals surface area contributed by atoms with Crippen LogP contribution in [-0.2, 0) is 4.74 Å². The van der Waals surface area contributed by atoms with Crippen LogP contribution in [0.1, 0.15) is 0 Å². The molecule has 0 unspecified atom stereocenters. The minimum atomic E-state index is -4.80. The van der Waals surface area contributed by atoms with Crippen molar-refractivity contribution in [1.82, 2.24) is 10.2 Å². The number of hydrogen-bond acceptors (Lipinski definition) is 7. The number of alkyl halides is 3. The number of ether oxygens (including phenoxy) is 2. The standard InChI is InChI=1S/C24H29F3N4O5/c25-24(26,27)36-18-8-6-16(7-9-18)29-23(34)28-14-19-21(22(33)20(15-32)35-19)31-12-10-30(11-13-31)17-4-2-1-3-5-17/h1-9,19-22,32-33H,10-15H2,(H2,28,29,34)/t19-,20+,21-,22-/m1/s1. The van der Waals surface area contributed by atoms with Crippen molar-refractivity contribution in [2.45, 2.75) is 30.7 Å². The molecule has 0 aromatic heterocycles. The first kappa shape index (κ1) is 26.0. The summed E-state index contributed by atoms with van der Waals surface area (Å²) in [6.07, 6.45) is -7.05. The zero-order valence-corrected chi connectivity index (χ0v) is 19.4. The highest BCUT2D eigenvalue weighted by Gasteiger charge is 2.46. The fourth-order valence-corrected chi connectivity index (χ4v) is 4.62. The van der Waals surface area contributed by atoms with Gasteiger partial charge >= 0.3 is 12.4 Å². The van der Waals surface area contributed by atoms with Crippen LogP contribution in [0.3, 0.4) is 0 Å². The van der Waals surface area contributed by atoms with E-state index in [1.807, 2.05) is 30.3 Å². The highest BCUT2D eigenvalue weighted by molar-refractivity contribution is 5.89. The number of anilines is 2. The second-order valence-electron chi connectivity index (χ2n) is 8.64. The van der Waals surface area contributed by atoms with Crippen LogP contribution in [0.25, 0.3) is 0 Å². The molecule has 196 valence electrons. The number of nitrogens with zero attached hydrogens (tertiary/aromatic N) is 2. The summed E-state index contributed by atoms with van der Waals surface area (Å²) in [6.45, 7) is 2.58. The maximum absolute atomic E-state index is 12.4.